The molecule has 0 saturated carbocycles. The van der Waals surface area contributed by atoms with Gasteiger partial charge in [0.1, 0.15) is 5.01 Å². The van der Waals surface area contributed by atoms with E-state index in [1.165, 1.54) is 11.3 Å². The van der Waals surface area contributed by atoms with Crippen molar-refractivity contribution in [3.05, 3.63) is 5.01 Å². The lowest BCUT2D eigenvalue weighted by Gasteiger charge is -2.07. The number of nitrogens with one attached hydrogen (secondary N) is 2. The highest BCUT2D eigenvalue weighted by atomic mass is 32.1. The van der Waals surface area contributed by atoms with Crippen LogP contribution in [-0.4, -0.2) is 29.2 Å². The van der Waals surface area contributed by atoms with Crippen molar-refractivity contribution in [2.45, 2.75) is 39.0 Å². The smallest absolute Gasteiger partial charge is 0.230 e. The van der Waals surface area contributed by atoms with Gasteiger partial charge in [0.25, 0.3) is 0 Å². The number of anilines is 1. The Hall–Kier alpha value is -1.01. The highest BCUT2D eigenvalue weighted by Crippen LogP contribution is 2.28. The fraction of sp³-hybridized carbons (Fsp3) is 0.750. The summed E-state index contributed by atoms with van der Waals surface area (Å²) in [5.41, 5.74) is 0. The first-order valence-electron chi connectivity index (χ1n) is 6.59. The number of hydrogen-bond acceptors (Lipinski definition) is 5. The number of aromatic nitrogens is 2. The maximum atomic E-state index is 11.9. The molecule has 2 N–H and O–H groups in total. The van der Waals surface area contributed by atoms with Crippen molar-refractivity contribution in [1.82, 2.24) is 15.5 Å². The summed E-state index contributed by atoms with van der Waals surface area (Å²) >= 11 is 1.50. The minimum Gasteiger partial charge on any atom is -0.316 e. The summed E-state index contributed by atoms with van der Waals surface area (Å²) in [6.07, 6.45) is 3.03. The number of carbonyl (C=O) groups is 1. The lowest BCUT2D eigenvalue weighted by Crippen LogP contribution is -2.24. The fourth-order valence-electron chi connectivity index (χ4n) is 2.17. The second-order valence-corrected chi connectivity index (χ2v) is 5.65. The predicted molar refractivity (Wildman–Crippen MR) is 72.8 cm³/mol. The Balaban J connectivity index is 1.95. The molecule has 2 heterocycles. The van der Waals surface area contributed by atoms with Gasteiger partial charge >= 0.3 is 0 Å². The molecule has 0 aliphatic carbocycles. The zero-order valence-electron chi connectivity index (χ0n) is 10.9. The molecule has 1 aliphatic heterocycles. The summed E-state index contributed by atoms with van der Waals surface area (Å²) in [7, 11) is 0. The molecule has 1 aromatic rings. The number of rotatable bonds is 5. The van der Waals surface area contributed by atoms with Crippen molar-refractivity contribution in [3.8, 4) is 0 Å². The van der Waals surface area contributed by atoms with Crippen LogP contribution < -0.4 is 10.6 Å². The SMILES string of the molecule is CCC(CC)c1nnc(NC(=O)C2CCNC2)s1. The van der Waals surface area contributed by atoms with Gasteiger partial charge in [-0.1, -0.05) is 25.2 Å². The van der Waals surface area contributed by atoms with E-state index >= 15 is 0 Å². The van der Waals surface area contributed by atoms with E-state index in [-0.39, 0.29) is 11.8 Å². The molecule has 1 unspecified atom stereocenters. The minimum absolute atomic E-state index is 0.0623. The molecule has 1 amide bonds. The van der Waals surface area contributed by atoms with E-state index in [1.807, 2.05) is 0 Å². The molecule has 0 spiro atoms. The molecule has 0 bridgehead atoms. The lowest BCUT2D eigenvalue weighted by atomic mass is 10.1. The second-order valence-electron chi connectivity index (χ2n) is 4.64. The van der Waals surface area contributed by atoms with E-state index in [2.05, 4.69) is 34.7 Å². The summed E-state index contributed by atoms with van der Waals surface area (Å²) in [4.78, 5) is 11.9. The third-order valence-corrected chi connectivity index (χ3v) is 4.44. The van der Waals surface area contributed by atoms with Crippen molar-refractivity contribution in [1.29, 1.82) is 0 Å². The van der Waals surface area contributed by atoms with Crippen molar-refractivity contribution in [3.63, 3.8) is 0 Å². The summed E-state index contributed by atoms with van der Waals surface area (Å²) in [6.45, 7) is 5.99. The largest absolute Gasteiger partial charge is 0.316 e. The van der Waals surface area contributed by atoms with Crippen LogP contribution in [0.15, 0.2) is 0 Å². The standard InChI is InChI=1S/C12H20N4OS/c1-3-8(4-2)11-15-16-12(18-11)14-10(17)9-5-6-13-7-9/h8-9,13H,3-7H2,1-2H3,(H,14,16,17). The van der Waals surface area contributed by atoms with Crippen LogP contribution in [0.4, 0.5) is 5.13 Å². The molecule has 0 radical (unpaired) electrons. The molecule has 1 saturated heterocycles. The maximum Gasteiger partial charge on any atom is 0.230 e. The second kappa shape index (κ2) is 6.24. The number of amides is 1. The molecule has 18 heavy (non-hydrogen) atoms. The molecule has 1 atom stereocenters. The summed E-state index contributed by atoms with van der Waals surface area (Å²) in [5.74, 6) is 0.596. The van der Waals surface area contributed by atoms with E-state index in [0.717, 1.165) is 37.4 Å². The van der Waals surface area contributed by atoms with Gasteiger partial charge in [0.15, 0.2) is 0 Å². The first-order chi connectivity index (χ1) is 8.74. The minimum atomic E-state index is 0.0623. The Morgan fingerprint density at radius 1 is 1.50 bits per heavy atom. The van der Waals surface area contributed by atoms with Crippen LogP contribution in [0.1, 0.15) is 44.0 Å². The Labute approximate surface area is 111 Å². The predicted octanol–water partition coefficient (Wildman–Crippen LogP) is 1.99. The quantitative estimate of drug-likeness (QED) is 0.857. The third kappa shape index (κ3) is 3.05. The van der Waals surface area contributed by atoms with Crippen molar-refractivity contribution in [2.75, 3.05) is 18.4 Å². The molecule has 0 aromatic carbocycles. The van der Waals surface area contributed by atoms with Gasteiger partial charge in [0.05, 0.1) is 5.92 Å². The lowest BCUT2D eigenvalue weighted by molar-refractivity contribution is -0.119. The van der Waals surface area contributed by atoms with E-state index in [0.29, 0.717) is 11.0 Å². The zero-order valence-corrected chi connectivity index (χ0v) is 11.7. The Bertz CT molecular complexity index is 397. The first-order valence-corrected chi connectivity index (χ1v) is 7.41. The van der Waals surface area contributed by atoms with Gasteiger partial charge in [-0.2, -0.15) is 0 Å². The third-order valence-electron chi connectivity index (χ3n) is 3.44. The molecule has 1 aromatic heterocycles. The van der Waals surface area contributed by atoms with E-state index in [9.17, 15) is 4.79 Å². The average Bonchev–Trinajstić information content (AvgIpc) is 3.01. The molecule has 6 heteroatoms. The van der Waals surface area contributed by atoms with E-state index in [4.69, 9.17) is 0 Å². The molecule has 5 nitrogen and oxygen atoms in total. The Morgan fingerprint density at radius 2 is 2.28 bits per heavy atom. The number of carbonyl (C=O) groups excluding carboxylic acids is 1. The van der Waals surface area contributed by atoms with Gasteiger partial charge < -0.3 is 10.6 Å². The Morgan fingerprint density at radius 3 is 2.89 bits per heavy atom. The summed E-state index contributed by atoms with van der Waals surface area (Å²) < 4.78 is 0. The maximum absolute atomic E-state index is 11.9. The van der Waals surface area contributed by atoms with Gasteiger partial charge in [-0.15, -0.1) is 10.2 Å². The van der Waals surface area contributed by atoms with Crippen LogP contribution in [0.2, 0.25) is 0 Å². The van der Waals surface area contributed by atoms with Gasteiger partial charge in [-0.3, -0.25) is 4.79 Å². The van der Waals surface area contributed by atoms with Crippen LogP contribution in [0.5, 0.6) is 0 Å². The first kappa shape index (κ1) is 13.4. The van der Waals surface area contributed by atoms with Gasteiger partial charge in [0, 0.05) is 12.5 Å². The molecule has 100 valence electrons. The fourth-order valence-corrected chi connectivity index (χ4v) is 3.19. The molecular formula is C12H20N4OS. The summed E-state index contributed by atoms with van der Waals surface area (Å²) in [6, 6.07) is 0. The van der Waals surface area contributed by atoms with Crippen molar-refractivity contribution < 1.29 is 4.79 Å². The molecule has 1 fully saturated rings. The van der Waals surface area contributed by atoms with E-state index in [1.54, 1.807) is 0 Å². The highest BCUT2D eigenvalue weighted by molar-refractivity contribution is 7.15. The van der Waals surface area contributed by atoms with Crippen LogP contribution in [-0.2, 0) is 4.79 Å². The summed E-state index contributed by atoms with van der Waals surface area (Å²) in [5, 5.41) is 16.0. The topological polar surface area (TPSA) is 66.9 Å². The number of hydrogen-bond donors (Lipinski definition) is 2. The Kier molecular flexibility index (Phi) is 4.66. The van der Waals surface area contributed by atoms with Gasteiger partial charge in [-0.05, 0) is 25.8 Å². The van der Waals surface area contributed by atoms with E-state index < -0.39 is 0 Å². The van der Waals surface area contributed by atoms with Crippen LogP contribution >= 0.6 is 11.3 Å². The number of nitrogens with zero attached hydrogens (tertiary/aromatic N) is 2. The molecule has 2 rings (SSSR count). The van der Waals surface area contributed by atoms with Crippen LogP contribution in [0.3, 0.4) is 0 Å². The van der Waals surface area contributed by atoms with Crippen molar-refractivity contribution >= 4 is 22.4 Å². The van der Waals surface area contributed by atoms with Crippen LogP contribution in [0, 0.1) is 5.92 Å². The highest BCUT2D eigenvalue weighted by Gasteiger charge is 2.23. The van der Waals surface area contributed by atoms with Crippen molar-refractivity contribution in [2.24, 2.45) is 5.92 Å². The van der Waals surface area contributed by atoms with Gasteiger partial charge in [0.2, 0.25) is 11.0 Å². The van der Waals surface area contributed by atoms with Gasteiger partial charge in [-0.25, -0.2) is 0 Å². The molecule has 1 aliphatic rings. The molecular weight excluding hydrogens is 248 g/mol. The normalized spacial score (nSPS) is 19.4. The zero-order chi connectivity index (χ0) is 13.0. The van der Waals surface area contributed by atoms with Crippen LogP contribution in [0.25, 0.3) is 0 Å². The monoisotopic (exact) mass is 268 g/mol. The average molecular weight is 268 g/mol.